The van der Waals surface area contributed by atoms with E-state index in [0.717, 1.165) is 17.1 Å². The Morgan fingerprint density at radius 1 is 0.289 bits per heavy atom. The molecule has 1 aliphatic rings. The monoisotopic (exact) mass is 572 g/mol. The summed E-state index contributed by atoms with van der Waals surface area (Å²) in [4.78, 5) is 0. The first-order valence-corrected chi connectivity index (χ1v) is 15.4. The maximum atomic E-state index is 6.46. The van der Waals surface area contributed by atoms with Crippen LogP contribution in [0.2, 0.25) is 0 Å². The quantitative estimate of drug-likeness (QED) is 0.191. The van der Waals surface area contributed by atoms with Crippen LogP contribution in [0.3, 0.4) is 0 Å². The van der Waals surface area contributed by atoms with Crippen molar-refractivity contribution in [2.45, 2.75) is 0 Å². The number of hydrogen-bond acceptors (Lipinski definition) is 1. The molecule has 0 saturated heterocycles. The minimum atomic E-state index is 0.912. The van der Waals surface area contributed by atoms with E-state index in [1.165, 1.54) is 71.6 Å². The topological polar surface area (TPSA) is 9.23 Å². The van der Waals surface area contributed by atoms with Crippen molar-refractivity contribution in [2.24, 2.45) is 0 Å². The van der Waals surface area contributed by atoms with Crippen molar-refractivity contribution in [2.75, 3.05) is 0 Å². The van der Waals surface area contributed by atoms with Gasteiger partial charge in [0.2, 0.25) is 0 Å². The lowest BCUT2D eigenvalue weighted by Crippen LogP contribution is -1.97. The molecule has 0 saturated carbocycles. The van der Waals surface area contributed by atoms with E-state index in [2.05, 4.69) is 164 Å². The fourth-order valence-electron chi connectivity index (χ4n) is 6.83. The summed E-state index contributed by atoms with van der Waals surface area (Å²) in [6.07, 6.45) is 0. The van der Waals surface area contributed by atoms with Crippen molar-refractivity contribution in [3.8, 4) is 67.1 Å². The molecule has 0 N–H and O–H groups in total. The van der Waals surface area contributed by atoms with Gasteiger partial charge in [-0.05, 0) is 103 Å². The van der Waals surface area contributed by atoms with E-state index in [9.17, 15) is 0 Å². The minimum Gasteiger partial charge on any atom is -0.456 e. The fraction of sp³-hybridized carbons (Fsp3) is 0. The SMILES string of the molecule is c1ccc(-c2cccc(-c3cccc(-c4cccc(-c5ccc6c(c5)cc5c7c(cccc76)-c6ccccc6O5)c4)c3)c2)cc1. The van der Waals surface area contributed by atoms with Crippen LogP contribution in [0.25, 0.3) is 77.2 Å². The van der Waals surface area contributed by atoms with Gasteiger partial charge in [0.05, 0.1) is 0 Å². The lowest BCUT2D eigenvalue weighted by Gasteiger charge is -2.22. The molecule has 0 amide bonds. The van der Waals surface area contributed by atoms with Crippen molar-refractivity contribution < 1.29 is 4.74 Å². The molecule has 0 bridgehead atoms. The maximum Gasteiger partial charge on any atom is 0.136 e. The van der Waals surface area contributed by atoms with Crippen LogP contribution >= 0.6 is 0 Å². The van der Waals surface area contributed by atoms with Crippen LogP contribution in [0.5, 0.6) is 11.5 Å². The summed E-state index contributed by atoms with van der Waals surface area (Å²) in [6, 6.07) is 61.0. The van der Waals surface area contributed by atoms with Gasteiger partial charge in [-0.15, -0.1) is 0 Å². The molecule has 1 heterocycles. The lowest BCUT2D eigenvalue weighted by atomic mass is 9.90. The average Bonchev–Trinajstić information content (AvgIpc) is 3.12. The first-order valence-electron chi connectivity index (χ1n) is 15.4. The number of ether oxygens (including phenoxy) is 1. The Bertz CT molecular complexity index is 2400. The van der Waals surface area contributed by atoms with E-state index in [4.69, 9.17) is 4.74 Å². The molecule has 8 aromatic carbocycles. The van der Waals surface area contributed by atoms with Crippen LogP contribution in [0.1, 0.15) is 0 Å². The van der Waals surface area contributed by atoms with Crippen molar-refractivity contribution >= 4 is 21.5 Å². The zero-order valence-corrected chi connectivity index (χ0v) is 24.6. The van der Waals surface area contributed by atoms with Crippen molar-refractivity contribution in [3.63, 3.8) is 0 Å². The van der Waals surface area contributed by atoms with Crippen molar-refractivity contribution in [3.05, 3.63) is 170 Å². The van der Waals surface area contributed by atoms with Crippen LogP contribution in [0.4, 0.5) is 0 Å². The highest BCUT2D eigenvalue weighted by molar-refractivity contribution is 6.17. The van der Waals surface area contributed by atoms with E-state index < -0.39 is 0 Å². The van der Waals surface area contributed by atoms with E-state index in [0.29, 0.717) is 0 Å². The molecule has 0 spiro atoms. The summed E-state index contributed by atoms with van der Waals surface area (Å²) in [7, 11) is 0. The van der Waals surface area contributed by atoms with E-state index in [1.54, 1.807) is 0 Å². The molecule has 9 rings (SSSR count). The number of para-hydroxylation sites is 1. The largest absolute Gasteiger partial charge is 0.456 e. The summed E-state index contributed by atoms with van der Waals surface area (Å²) >= 11 is 0. The fourth-order valence-corrected chi connectivity index (χ4v) is 6.83. The number of rotatable bonds is 4. The second-order valence-electron chi connectivity index (χ2n) is 11.7. The molecule has 0 radical (unpaired) electrons. The van der Waals surface area contributed by atoms with Crippen LogP contribution < -0.4 is 4.74 Å². The minimum absolute atomic E-state index is 0.912. The number of benzene rings is 8. The summed E-state index contributed by atoms with van der Waals surface area (Å²) in [5.74, 6) is 1.83. The summed E-state index contributed by atoms with van der Waals surface area (Å²) in [5.41, 5.74) is 12.1. The van der Waals surface area contributed by atoms with Gasteiger partial charge in [0.25, 0.3) is 0 Å². The first kappa shape index (κ1) is 25.6. The third-order valence-electron chi connectivity index (χ3n) is 9.03. The molecule has 1 nitrogen and oxygen atoms in total. The predicted octanol–water partition coefficient (Wildman–Crippen LogP) is 12.4. The Labute approximate surface area is 262 Å². The maximum absolute atomic E-state index is 6.46. The normalized spacial score (nSPS) is 11.7. The predicted molar refractivity (Wildman–Crippen MR) is 189 cm³/mol. The molecule has 210 valence electrons. The van der Waals surface area contributed by atoms with Gasteiger partial charge in [-0.25, -0.2) is 0 Å². The molecule has 45 heavy (non-hydrogen) atoms. The van der Waals surface area contributed by atoms with Gasteiger partial charge < -0.3 is 4.74 Å². The molecule has 0 aromatic heterocycles. The van der Waals surface area contributed by atoms with Gasteiger partial charge in [0.15, 0.2) is 0 Å². The second-order valence-corrected chi connectivity index (χ2v) is 11.7. The molecule has 0 aliphatic carbocycles. The van der Waals surface area contributed by atoms with Gasteiger partial charge in [0.1, 0.15) is 11.5 Å². The highest BCUT2D eigenvalue weighted by Gasteiger charge is 2.21. The van der Waals surface area contributed by atoms with E-state index >= 15 is 0 Å². The standard InChI is InChI=1S/C44H28O/c1-2-10-29(11-3-1)30-12-6-13-31(24-30)32-14-7-15-33(25-32)34-16-8-17-35(26-34)36-22-23-38-37(27-36)28-43-44-40(38)19-9-20-41(44)39-18-4-5-21-42(39)45-43/h1-28H. The van der Waals surface area contributed by atoms with Gasteiger partial charge >= 0.3 is 0 Å². The Kier molecular flexibility index (Phi) is 5.89. The van der Waals surface area contributed by atoms with E-state index in [-0.39, 0.29) is 0 Å². The Morgan fingerprint density at radius 2 is 0.800 bits per heavy atom. The zero-order valence-electron chi connectivity index (χ0n) is 24.6. The third-order valence-corrected chi connectivity index (χ3v) is 9.03. The van der Waals surface area contributed by atoms with Crippen molar-refractivity contribution in [1.82, 2.24) is 0 Å². The lowest BCUT2D eigenvalue weighted by molar-refractivity contribution is 0.487. The van der Waals surface area contributed by atoms with E-state index in [1.807, 2.05) is 6.07 Å². The Hall–Kier alpha value is -5.92. The third kappa shape index (κ3) is 4.41. The molecule has 1 aliphatic heterocycles. The second kappa shape index (κ2) is 10.4. The highest BCUT2D eigenvalue weighted by Crippen LogP contribution is 2.48. The molecule has 0 fully saturated rings. The Morgan fingerprint density at radius 3 is 1.47 bits per heavy atom. The first-order chi connectivity index (χ1) is 22.3. The molecular weight excluding hydrogens is 544 g/mol. The summed E-state index contributed by atoms with van der Waals surface area (Å²) in [6.45, 7) is 0. The summed E-state index contributed by atoms with van der Waals surface area (Å²) < 4.78 is 6.46. The molecule has 1 heteroatoms. The molecule has 0 atom stereocenters. The smallest absolute Gasteiger partial charge is 0.136 e. The van der Waals surface area contributed by atoms with Crippen LogP contribution in [0.15, 0.2) is 170 Å². The van der Waals surface area contributed by atoms with Crippen molar-refractivity contribution in [1.29, 1.82) is 0 Å². The van der Waals surface area contributed by atoms with Gasteiger partial charge in [-0.1, -0.05) is 133 Å². The Balaban J connectivity index is 1.09. The zero-order chi connectivity index (χ0) is 29.7. The van der Waals surface area contributed by atoms with Gasteiger partial charge in [-0.2, -0.15) is 0 Å². The molecular formula is C44H28O. The van der Waals surface area contributed by atoms with Crippen LogP contribution in [-0.4, -0.2) is 0 Å². The number of hydrogen-bond donors (Lipinski definition) is 0. The highest BCUT2D eigenvalue weighted by atomic mass is 16.5. The summed E-state index contributed by atoms with van der Waals surface area (Å²) in [5, 5.41) is 4.83. The molecule has 0 unspecified atom stereocenters. The number of fused-ring (bicyclic) bond motifs is 4. The van der Waals surface area contributed by atoms with Gasteiger partial charge in [-0.3, -0.25) is 0 Å². The average molecular weight is 573 g/mol. The molecule has 8 aromatic rings. The van der Waals surface area contributed by atoms with Gasteiger partial charge in [0, 0.05) is 10.9 Å². The van der Waals surface area contributed by atoms with Crippen LogP contribution in [0, 0.1) is 0 Å². The van der Waals surface area contributed by atoms with Crippen LogP contribution in [-0.2, 0) is 0 Å².